The second kappa shape index (κ2) is 1.72. The zero-order valence-electron chi connectivity index (χ0n) is 6.19. The number of rotatable bonds is 0. The Bertz CT molecular complexity index is 140. The van der Waals surface area contributed by atoms with Crippen LogP contribution in [0.3, 0.4) is 0 Å². The standard InChI is InChI=1S/C7H13NO/c1-5-4-7(2,3)6(8)9-5/h5,8H,4H2,1-3H3. The van der Waals surface area contributed by atoms with E-state index in [0.717, 1.165) is 6.42 Å². The van der Waals surface area contributed by atoms with E-state index in [-0.39, 0.29) is 11.5 Å². The molecule has 0 aromatic rings. The predicted octanol–water partition coefficient (Wildman–Crippen LogP) is 1.80. The molecule has 1 N–H and O–H groups in total. The van der Waals surface area contributed by atoms with Gasteiger partial charge in [-0.3, -0.25) is 5.41 Å². The van der Waals surface area contributed by atoms with Gasteiger partial charge in [-0.15, -0.1) is 0 Å². The number of hydrogen-bond donors (Lipinski definition) is 1. The van der Waals surface area contributed by atoms with Gasteiger partial charge in [0.05, 0.1) is 6.10 Å². The molecule has 1 saturated heterocycles. The van der Waals surface area contributed by atoms with Crippen LogP contribution in [0.5, 0.6) is 0 Å². The van der Waals surface area contributed by atoms with Crippen molar-refractivity contribution in [1.82, 2.24) is 0 Å². The molecule has 2 heteroatoms. The smallest absolute Gasteiger partial charge is 0.186 e. The number of hydrogen-bond acceptors (Lipinski definition) is 2. The molecule has 1 heterocycles. The Morgan fingerprint density at radius 1 is 1.67 bits per heavy atom. The van der Waals surface area contributed by atoms with Gasteiger partial charge in [-0.25, -0.2) is 0 Å². The van der Waals surface area contributed by atoms with Crippen molar-refractivity contribution in [3.05, 3.63) is 0 Å². The van der Waals surface area contributed by atoms with E-state index in [2.05, 4.69) is 0 Å². The van der Waals surface area contributed by atoms with Gasteiger partial charge in [-0.1, -0.05) is 13.8 Å². The van der Waals surface area contributed by atoms with Crippen LogP contribution in [0.2, 0.25) is 0 Å². The molecule has 0 spiro atoms. The molecule has 2 nitrogen and oxygen atoms in total. The lowest BCUT2D eigenvalue weighted by atomic mass is 9.90. The van der Waals surface area contributed by atoms with Gasteiger partial charge in [-0.05, 0) is 13.3 Å². The molecular weight excluding hydrogens is 114 g/mol. The third kappa shape index (κ3) is 1.07. The third-order valence-corrected chi connectivity index (χ3v) is 1.73. The lowest BCUT2D eigenvalue weighted by Crippen LogP contribution is -2.16. The molecular formula is C7H13NO. The van der Waals surface area contributed by atoms with Gasteiger partial charge >= 0.3 is 0 Å². The SMILES string of the molecule is CC1CC(C)(C)C(=N)O1. The van der Waals surface area contributed by atoms with Crippen LogP contribution in [0, 0.1) is 10.8 Å². The average molecular weight is 127 g/mol. The predicted molar refractivity (Wildman–Crippen MR) is 36.7 cm³/mol. The first kappa shape index (κ1) is 6.59. The summed E-state index contributed by atoms with van der Waals surface area (Å²) in [4.78, 5) is 0. The van der Waals surface area contributed by atoms with E-state index < -0.39 is 0 Å². The highest BCUT2D eigenvalue weighted by Gasteiger charge is 2.35. The molecule has 0 amide bonds. The van der Waals surface area contributed by atoms with E-state index >= 15 is 0 Å². The minimum absolute atomic E-state index is 0.0145. The highest BCUT2D eigenvalue weighted by Crippen LogP contribution is 2.32. The van der Waals surface area contributed by atoms with Crippen LogP contribution in [0.25, 0.3) is 0 Å². The van der Waals surface area contributed by atoms with E-state index in [9.17, 15) is 0 Å². The summed E-state index contributed by atoms with van der Waals surface area (Å²) < 4.78 is 5.16. The fourth-order valence-electron chi connectivity index (χ4n) is 1.21. The summed E-state index contributed by atoms with van der Waals surface area (Å²) in [6.45, 7) is 6.08. The second-order valence-corrected chi connectivity index (χ2v) is 3.35. The van der Waals surface area contributed by atoms with E-state index in [1.54, 1.807) is 0 Å². The van der Waals surface area contributed by atoms with Gasteiger partial charge in [-0.2, -0.15) is 0 Å². The first-order chi connectivity index (χ1) is 4.02. The maximum atomic E-state index is 7.36. The molecule has 0 aromatic carbocycles. The van der Waals surface area contributed by atoms with Crippen LogP contribution in [0.1, 0.15) is 27.2 Å². The molecule has 0 radical (unpaired) electrons. The molecule has 1 fully saturated rings. The molecule has 1 unspecified atom stereocenters. The maximum Gasteiger partial charge on any atom is 0.186 e. The van der Waals surface area contributed by atoms with Gasteiger partial charge < -0.3 is 4.74 Å². The Morgan fingerprint density at radius 2 is 2.22 bits per heavy atom. The highest BCUT2D eigenvalue weighted by atomic mass is 16.5. The Labute approximate surface area is 55.7 Å². The topological polar surface area (TPSA) is 33.1 Å². The molecule has 1 rings (SSSR count). The second-order valence-electron chi connectivity index (χ2n) is 3.35. The molecule has 0 bridgehead atoms. The van der Waals surface area contributed by atoms with Gasteiger partial charge in [0.2, 0.25) is 0 Å². The minimum Gasteiger partial charge on any atom is -0.478 e. The molecule has 9 heavy (non-hydrogen) atoms. The van der Waals surface area contributed by atoms with Gasteiger partial charge in [0.25, 0.3) is 0 Å². The number of ether oxygens (including phenoxy) is 1. The minimum atomic E-state index is -0.0145. The van der Waals surface area contributed by atoms with Gasteiger partial charge in [0.15, 0.2) is 5.90 Å². The fourth-order valence-corrected chi connectivity index (χ4v) is 1.21. The summed E-state index contributed by atoms with van der Waals surface area (Å²) in [6.07, 6.45) is 1.22. The molecule has 0 aromatic heterocycles. The Kier molecular flexibility index (Phi) is 1.26. The van der Waals surface area contributed by atoms with Crippen molar-refractivity contribution in [2.45, 2.75) is 33.3 Å². The summed E-state index contributed by atoms with van der Waals surface area (Å²) in [7, 11) is 0. The quantitative estimate of drug-likeness (QED) is 0.528. The number of nitrogens with one attached hydrogen (secondary N) is 1. The molecule has 52 valence electrons. The first-order valence-electron chi connectivity index (χ1n) is 3.28. The van der Waals surface area contributed by atoms with E-state index in [0.29, 0.717) is 5.90 Å². The summed E-state index contributed by atoms with van der Waals surface area (Å²) in [5, 5.41) is 7.36. The first-order valence-corrected chi connectivity index (χ1v) is 3.28. The highest BCUT2D eigenvalue weighted by molar-refractivity contribution is 5.80. The molecule has 1 aliphatic heterocycles. The summed E-state index contributed by atoms with van der Waals surface area (Å²) in [6, 6.07) is 0. The average Bonchev–Trinajstić information content (AvgIpc) is 1.79. The molecule has 1 atom stereocenters. The van der Waals surface area contributed by atoms with Crippen molar-refractivity contribution in [1.29, 1.82) is 5.41 Å². The van der Waals surface area contributed by atoms with E-state index in [1.165, 1.54) is 0 Å². The zero-order valence-corrected chi connectivity index (χ0v) is 6.19. The van der Waals surface area contributed by atoms with Gasteiger partial charge in [0.1, 0.15) is 0 Å². The van der Waals surface area contributed by atoms with Crippen LogP contribution in [0.4, 0.5) is 0 Å². The monoisotopic (exact) mass is 127 g/mol. The maximum absolute atomic E-state index is 7.36. The van der Waals surface area contributed by atoms with E-state index in [1.807, 2.05) is 20.8 Å². The molecule has 0 aliphatic carbocycles. The van der Waals surface area contributed by atoms with Crippen molar-refractivity contribution in [2.24, 2.45) is 5.41 Å². The lowest BCUT2D eigenvalue weighted by Gasteiger charge is -2.11. The van der Waals surface area contributed by atoms with Crippen LogP contribution in [0.15, 0.2) is 0 Å². The van der Waals surface area contributed by atoms with Crippen molar-refractivity contribution in [2.75, 3.05) is 0 Å². The van der Waals surface area contributed by atoms with Crippen LogP contribution in [-0.4, -0.2) is 12.0 Å². The van der Waals surface area contributed by atoms with Crippen molar-refractivity contribution in [3.8, 4) is 0 Å². The Morgan fingerprint density at radius 3 is 2.33 bits per heavy atom. The van der Waals surface area contributed by atoms with Crippen LogP contribution in [-0.2, 0) is 4.74 Å². The summed E-state index contributed by atoms with van der Waals surface area (Å²) >= 11 is 0. The van der Waals surface area contributed by atoms with Crippen molar-refractivity contribution < 1.29 is 4.74 Å². The van der Waals surface area contributed by atoms with Crippen LogP contribution >= 0.6 is 0 Å². The zero-order chi connectivity index (χ0) is 7.07. The molecule has 1 aliphatic rings. The Balaban J connectivity index is 2.70. The third-order valence-electron chi connectivity index (χ3n) is 1.73. The normalized spacial score (nSPS) is 32.3. The lowest BCUT2D eigenvalue weighted by molar-refractivity contribution is 0.237. The van der Waals surface area contributed by atoms with Gasteiger partial charge in [0, 0.05) is 5.41 Å². The fraction of sp³-hybridized carbons (Fsp3) is 0.857. The summed E-state index contributed by atoms with van der Waals surface area (Å²) in [5.41, 5.74) is -0.0145. The Hall–Kier alpha value is -0.530. The largest absolute Gasteiger partial charge is 0.478 e. The van der Waals surface area contributed by atoms with Crippen molar-refractivity contribution in [3.63, 3.8) is 0 Å². The molecule has 0 saturated carbocycles. The van der Waals surface area contributed by atoms with Crippen LogP contribution < -0.4 is 0 Å². The summed E-state index contributed by atoms with van der Waals surface area (Å²) in [5.74, 6) is 0.440. The van der Waals surface area contributed by atoms with Crippen molar-refractivity contribution >= 4 is 5.90 Å². The van der Waals surface area contributed by atoms with E-state index in [4.69, 9.17) is 10.1 Å².